The molecule has 1 amide bonds. The minimum Gasteiger partial charge on any atom is -0.344 e. The van der Waals surface area contributed by atoms with Gasteiger partial charge in [0.25, 0.3) is 0 Å². The summed E-state index contributed by atoms with van der Waals surface area (Å²) in [7, 11) is 1.77. The second kappa shape index (κ2) is 6.32. The number of hydrogen-bond acceptors (Lipinski definition) is 3. The molecule has 0 aromatic heterocycles. The van der Waals surface area contributed by atoms with Crippen LogP contribution in [0.4, 0.5) is 0 Å². The van der Waals surface area contributed by atoms with Crippen LogP contribution in [0.25, 0.3) is 0 Å². The highest BCUT2D eigenvalue weighted by Gasteiger charge is 2.35. The van der Waals surface area contributed by atoms with Crippen LogP contribution in [0, 0.1) is 11.3 Å². The summed E-state index contributed by atoms with van der Waals surface area (Å²) in [6.45, 7) is 11.8. The van der Waals surface area contributed by atoms with Crippen molar-refractivity contribution in [2.24, 2.45) is 11.3 Å². The lowest BCUT2D eigenvalue weighted by Crippen LogP contribution is -2.58. The Labute approximate surface area is 111 Å². The fourth-order valence-corrected chi connectivity index (χ4v) is 1.88. The summed E-state index contributed by atoms with van der Waals surface area (Å²) < 4.78 is 0. The molecule has 106 valence electrons. The fraction of sp³-hybridized carbons (Fsp3) is 0.857. The van der Waals surface area contributed by atoms with Gasteiger partial charge in [-0.1, -0.05) is 34.6 Å². The molecular weight excluding hydrogens is 228 g/mol. The van der Waals surface area contributed by atoms with E-state index in [1.807, 2.05) is 27.7 Å². The van der Waals surface area contributed by atoms with Crippen LogP contribution in [0.1, 0.15) is 48.0 Å². The van der Waals surface area contributed by atoms with E-state index in [2.05, 4.69) is 24.5 Å². The monoisotopic (exact) mass is 256 g/mol. The van der Waals surface area contributed by atoms with Crippen LogP contribution in [0.15, 0.2) is 0 Å². The number of carbonyl (C=O) groups is 2. The molecule has 0 bridgehead atoms. The number of carbonyl (C=O) groups excluding carboxylic acids is 2. The number of hydrogen-bond donors (Lipinski definition) is 2. The van der Waals surface area contributed by atoms with Gasteiger partial charge < -0.3 is 15.4 Å². The van der Waals surface area contributed by atoms with E-state index in [1.54, 1.807) is 7.05 Å². The van der Waals surface area contributed by atoms with Gasteiger partial charge in [-0.2, -0.15) is 0 Å². The van der Waals surface area contributed by atoms with Crippen molar-refractivity contribution in [1.82, 2.24) is 10.6 Å². The lowest BCUT2D eigenvalue weighted by molar-refractivity contribution is -0.131. The molecule has 2 atom stereocenters. The summed E-state index contributed by atoms with van der Waals surface area (Å²) in [4.78, 5) is 23.4. The van der Waals surface area contributed by atoms with Crippen molar-refractivity contribution in [3.63, 3.8) is 0 Å². The zero-order chi connectivity index (χ0) is 14.6. The number of aldehydes is 1. The molecule has 2 N–H and O–H groups in total. The highest BCUT2D eigenvalue weighted by Crippen LogP contribution is 2.21. The molecule has 0 fully saturated rings. The Morgan fingerprint density at radius 3 is 2.00 bits per heavy atom. The number of rotatable bonds is 6. The molecule has 0 heterocycles. The van der Waals surface area contributed by atoms with Crippen LogP contribution in [0.3, 0.4) is 0 Å². The van der Waals surface area contributed by atoms with Crippen molar-refractivity contribution in [3.8, 4) is 0 Å². The summed E-state index contributed by atoms with van der Waals surface area (Å²) >= 11 is 0. The average molecular weight is 256 g/mol. The van der Waals surface area contributed by atoms with Crippen LogP contribution in [0.5, 0.6) is 0 Å². The third kappa shape index (κ3) is 4.77. The molecule has 0 radical (unpaired) electrons. The van der Waals surface area contributed by atoms with Gasteiger partial charge in [-0.3, -0.25) is 4.79 Å². The van der Waals surface area contributed by atoms with Crippen molar-refractivity contribution in [3.05, 3.63) is 0 Å². The fourth-order valence-electron chi connectivity index (χ4n) is 1.88. The molecule has 0 rings (SSSR count). The highest BCUT2D eigenvalue weighted by atomic mass is 16.2. The molecular formula is C14H28N2O2. The maximum absolute atomic E-state index is 12.3. The lowest BCUT2D eigenvalue weighted by Gasteiger charge is -2.34. The molecule has 0 saturated carbocycles. The molecule has 0 aliphatic carbocycles. The Morgan fingerprint density at radius 1 is 1.22 bits per heavy atom. The molecule has 18 heavy (non-hydrogen) atoms. The van der Waals surface area contributed by atoms with Gasteiger partial charge in [-0.15, -0.1) is 0 Å². The average Bonchev–Trinajstić information content (AvgIpc) is 2.22. The van der Waals surface area contributed by atoms with Crippen LogP contribution >= 0.6 is 0 Å². The highest BCUT2D eigenvalue weighted by molar-refractivity contribution is 5.88. The molecule has 0 spiro atoms. The third-order valence-electron chi connectivity index (χ3n) is 3.23. The van der Waals surface area contributed by atoms with E-state index in [1.165, 1.54) is 0 Å². The topological polar surface area (TPSA) is 58.2 Å². The van der Waals surface area contributed by atoms with E-state index in [4.69, 9.17) is 0 Å². The summed E-state index contributed by atoms with van der Waals surface area (Å²) in [5.74, 6) is 0.281. The number of nitrogens with one attached hydrogen (secondary N) is 2. The Hall–Kier alpha value is -0.900. The van der Waals surface area contributed by atoms with Gasteiger partial charge in [-0.05, 0) is 31.7 Å². The molecule has 0 aliphatic rings. The molecule has 0 aromatic carbocycles. The van der Waals surface area contributed by atoms with E-state index >= 15 is 0 Å². The van der Waals surface area contributed by atoms with Gasteiger partial charge in [0.1, 0.15) is 6.29 Å². The van der Waals surface area contributed by atoms with Crippen molar-refractivity contribution in [2.75, 3.05) is 7.05 Å². The zero-order valence-electron chi connectivity index (χ0n) is 12.8. The van der Waals surface area contributed by atoms with Crippen molar-refractivity contribution in [2.45, 2.75) is 59.5 Å². The van der Waals surface area contributed by atoms with Gasteiger partial charge in [0, 0.05) is 0 Å². The first-order chi connectivity index (χ1) is 8.06. The minimum atomic E-state index is -0.638. The normalized spacial score (nSPS) is 17.1. The molecule has 4 heteroatoms. The Kier molecular flexibility index (Phi) is 6.00. The summed E-state index contributed by atoms with van der Waals surface area (Å²) in [6, 6.07) is -0.468. The predicted octanol–water partition coefficient (Wildman–Crippen LogP) is 1.74. The first-order valence-electron chi connectivity index (χ1n) is 6.52. The van der Waals surface area contributed by atoms with Gasteiger partial charge in [0.05, 0.1) is 11.6 Å². The Bertz CT molecular complexity index is 295. The molecule has 0 aliphatic heterocycles. The first kappa shape index (κ1) is 17.1. The zero-order valence-corrected chi connectivity index (χ0v) is 12.8. The van der Waals surface area contributed by atoms with E-state index < -0.39 is 11.6 Å². The van der Waals surface area contributed by atoms with Crippen molar-refractivity contribution in [1.29, 1.82) is 0 Å². The van der Waals surface area contributed by atoms with E-state index in [0.29, 0.717) is 5.92 Å². The van der Waals surface area contributed by atoms with Crippen molar-refractivity contribution < 1.29 is 9.59 Å². The van der Waals surface area contributed by atoms with Crippen LogP contribution < -0.4 is 10.6 Å². The van der Waals surface area contributed by atoms with Crippen LogP contribution in [-0.2, 0) is 9.59 Å². The van der Waals surface area contributed by atoms with Gasteiger partial charge in [-0.25, -0.2) is 0 Å². The summed E-state index contributed by atoms with van der Waals surface area (Å²) in [6.07, 6.45) is 1.54. The van der Waals surface area contributed by atoms with E-state index in [9.17, 15) is 9.59 Å². The Balaban J connectivity index is 4.86. The number of likely N-dealkylation sites (N-methyl/N-ethyl adjacent to an activating group) is 1. The maximum atomic E-state index is 12.3. The molecule has 0 saturated heterocycles. The summed E-state index contributed by atoms with van der Waals surface area (Å²) in [5, 5.41) is 5.90. The number of amides is 1. The first-order valence-corrected chi connectivity index (χ1v) is 6.52. The lowest BCUT2D eigenvalue weighted by atomic mass is 9.85. The SMILES string of the molecule is CNC(C)(CC(C)C)C(=O)NC(C=O)C(C)(C)C. The largest absolute Gasteiger partial charge is 0.344 e. The maximum Gasteiger partial charge on any atom is 0.240 e. The van der Waals surface area contributed by atoms with Crippen molar-refractivity contribution >= 4 is 12.2 Å². The Morgan fingerprint density at radius 2 is 1.72 bits per heavy atom. The second-order valence-electron chi connectivity index (χ2n) is 6.63. The summed E-state index contributed by atoms with van der Waals surface area (Å²) in [5.41, 5.74) is -0.912. The smallest absolute Gasteiger partial charge is 0.240 e. The third-order valence-corrected chi connectivity index (χ3v) is 3.23. The van der Waals surface area contributed by atoms with Crippen LogP contribution in [0.2, 0.25) is 0 Å². The van der Waals surface area contributed by atoms with Gasteiger partial charge >= 0.3 is 0 Å². The quantitative estimate of drug-likeness (QED) is 0.712. The molecule has 4 nitrogen and oxygen atoms in total. The van der Waals surface area contributed by atoms with Gasteiger partial charge in [0.2, 0.25) is 5.91 Å². The molecule has 2 unspecified atom stereocenters. The van der Waals surface area contributed by atoms with E-state index in [0.717, 1.165) is 12.7 Å². The van der Waals surface area contributed by atoms with Gasteiger partial charge in [0.15, 0.2) is 0 Å². The van der Waals surface area contributed by atoms with E-state index in [-0.39, 0.29) is 11.3 Å². The van der Waals surface area contributed by atoms with Crippen LogP contribution in [-0.4, -0.2) is 30.8 Å². The second-order valence-corrected chi connectivity index (χ2v) is 6.63. The minimum absolute atomic E-state index is 0.120. The predicted molar refractivity (Wildman–Crippen MR) is 74.4 cm³/mol. The standard InChI is InChI=1S/C14H28N2O2/c1-10(2)8-14(6,15-7)12(18)16-11(9-17)13(3,4)5/h9-11,15H,8H2,1-7H3,(H,16,18). The molecule has 0 aromatic rings.